The third kappa shape index (κ3) is 5.39. The molecule has 0 aliphatic heterocycles. The van der Waals surface area contributed by atoms with E-state index in [-0.39, 0.29) is 11.8 Å². The maximum atomic E-state index is 13.1. The fourth-order valence-electron chi connectivity index (χ4n) is 4.28. The average Bonchev–Trinajstić information content (AvgIpc) is 3.56. The second kappa shape index (κ2) is 10.9. The van der Waals surface area contributed by atoms with E-state index in [1.807, 2.05) is 56.3 Å². The van der Waals surface area contributed by atoms with E-state index in [0.717, 1.165) is 11.1 Å². The fourth-order valence-corrected chi connectivity index (χ4v) is 4.28. The number of aryl methyl sites for hydroxylation is 1. The smallest absolute Gasteiger partial charge is 0.341 e. The Morgan fingerprint density at radius 1 is 0.824 bits per heavy atom. The molecular formula is C28H28O6. The van der Waals surface area contributed by atoms with Crippen LogP contribution in [-0.4, -0.2) is 24.1 Å². The Kier molecular flexibility index (Phi) is 7.48. The maximum absolute atomic E-state index is 13.1. The molecule has 176 valence electrons. The summed E-state index contributed by atoms with van der Waals surface area (Å²) in [7, 11) is 0. The van der Waals surface area contributed by atoms with Gasteiger partial charge in [0, 0.05) is 11.8 Å². The molecule has 0 amide bonds. The summed E-state index contributed by atoms with van der Waals surface area (Å²) in [6.45, 7) is 4.03. The highest BCUT2D eigenvalue weighted by Crippen LogP contribution is 2.36. The monoisotopic (exact) mass is 460 g/mol. The highest BCUT2D eigenvalue weighted by molar-refractivity contribution is 5.90. The maximum Gasteiger partial charge on any atom is 0.341 e. The molecule has 2 aromatic heterocycles. The van der Waals surface area contributed by atoms with Gasteiger partial charge >= 0.3 is 11.9 Å². The highest BCUT2D eigenvalue weighted by Gasteiger charge is 2.40. The summed E-state index contributed by atoms with van der Waals surface area (Å²) in [6.07, 6.45) is 13.5. The van der Waals surface area contributed by atoms with Crippen molar-refractivity contribution in [3.05, 3.63) is 108 Å². The number of furan rings is 2. The Morgan fingerprint density at radius 3 is 2.00 bits per heavy atom. The van der Waals surface area contributed by atoms with E-state index in [2.05, 4.69) is 6.08 Å². The SMILES string of the molecule is Cc1ccccc1C1C/C=C\C=C/C[C@H](C)C(OC(=O)c2ccoc2)C1OC(=O)c1ccoc1. The first-order valence-corrected chi connectivity index (χ1v) is 11.4. The van der Waals surface area contributed by atoms with Gasteiger partial charge in [-0.05, 0) is 43.0 Å². The van der Waals surface area contributed by atoms with E-state index < -0.39 is 24.1 Å². The van der Waals surface area contributed by atoms with E-state index in [4.69, 9.17) is 18.3 Å². The first-order valence-electron chi connectivity index (χ1n) is 11.4. The van der Waals surface area contributed by atoms with E-state index in [1.54, 1.807) is 12.1 Å². The third-order valence-corrected chi connectivity index (χ3v) is 6.15. The number of carbonyl (C=O) groups is 2. The lowest BCUT2D eigenvalue weighted by Gasteiger charge is -2.36. The molecule has 34 heavy (non-hydrogen) atoms. The molecule has 0 saturated carbocycles. The highest BCUT2D eigenvalue weighted by atomic mass is 16.6. The van der Waals surface area contributed by atoms with Crippen molar-refractivity contribution < 1.29 is 27.9 Å². The topological polar surface area (TPSA) is 78.9 Å². The summed E-state index contributed by atoms with van der Waals surface area (Å²) in [5, 5.41) is 0. The van der Waals surface area contributed by atoms with Crippen LogP contribution in [0.25, 0.3) is 0 Å². The lowest BCUT2D eigenvalue weighted by Crippen LogP contribution is -2.43. The predicted octanol–water partition coefficient (Wildman–Crippen LogP) is 6.26. The molecule has 4 rings (SSSR count). The third-order valence-electron chi connectivity index (χ3n) is 6.15. The van der Waals surface area contributed by atoms with Gasteiger partial charge in [-0.3, -0.25) is 0 Å². The van der Waals surface area contributed by atoms with Gasteiger partial charge in [0.1, 0.15) is 24.7 Å². The van der Waals surface area contributed by atoms with Crippen LogP contribution in [0.3, 0.4) is 0 Å². The first kappa shape index (κ1) is 23.4. The van der Waals surface area contributed by atoms with E-state index in [9.17, 15) is 9.59 Å². The van der Waals surface area contributed by atoms with Crippen LogP contribution in [0.1, 0.15) is 57.5 Å². The summed E-state index contributed by atoms with van der Waals surface area (Å²) in [5.74, 6) is -1.39. The fraction of sp³-hybridized carbons (Fsp3) is 0.286. The van der Waals surface area contributed by atoms with Gasteiger partial charge in [0.25, 0.3) is 0 Å². The zero-order chi connectivity index (χ0) is 23.9. The number of benzene rings is 1. The van der Waals surface area contributed by atoms with Crippen molar-refractivity contribution in [3.8, 4) is 0 Å². The molecule has 0 saturated heterocycles. The second-order valence-electron chi connectivity index (χ2n) is 8.53. The van der Waals surface area contributed by atoms with Gasteiger partial charge in [-0.25, -0.2) is 9.59 Å². The molecular weight excluding hydrogens is 432 g/mol. The van der Waals surface area contributed by atoms with Gasteiger partial charge in [-0.1, -0.05) is 55.5 Å². The largest absolute Gasteiger partial charge is 0.472 e. The minimum Gasteiger partial charge on any atom is -0.472 e. The van der Waals surface area contributed by atoms with E-state index in [1.165, 1.54) is 25.1 Å². The average molecular weight is 461 g/mol. The molecule has 6 heteroatoms. The summed E-state index contributed by atoms with van der Waals surface area (Å²) < 4.78 is 22.3. The zero-order valence-electron chi connectivity index (χ0n) is 19.3. The molecule has 3 unspecified atom stereocenters. The summed E-state index contributed by atoms with van der Waals surface area (Å²) >= 11 is 0. The molecule has 1 aliphatic carbocycles. The van der Waals surface area contributed by atoms with Crippen molar-refractivity contribution in [2.24, 2.45) is 5.92 Å². The van der Waals surface area contributed by atoms with Crippen LogP contribution in [-0.2, 0) is 9.47 Å². The minimum absolute atomic E-state index is 0.118. The molecule has 3 aromatic rings. The van der Waals surface area contributed by atoms with Crippen LogP contribution in [0.2, 0.25) is 0 Å². The minimum atomic E-state index is -0.731. The number of hydrogen-bond acceptors (Lipinski definition) is 6. The molecule has 0 N–H and O–H groups in total. The van der Waals surface area contributed by atoms with Crippen LogP contribution >= 0.6 is 0 Å². The first-order chi connectivity index (χ1) is 16.5. The number of carbonyl (C=O) groups excluding carboxylic acids is 2. The molecule has 6 nitrogen and oxygen atoms in total. The number of esters is 2. The Hall–Kier alpha value is -3.80. The Balaban J connectivity index is 1.77. The van der Waals surface area contributed by atoms with Gasteiger partial charge in [0.15, 0.2) is 0 Å². The van der Waals surface area contributed by atoms with Crippen LogP contribution in [0.5, 0.6) is 0 Å². The number of hydrogen-bond donors (Lipinski definition) is 0. The van der Waals surface area contributed by atoms with E-state index >= 15 is 0 Å². The Labute approximate surface area is 198 Å². The Morgan fingerprint density at radius 2 is 1.41 bits per heavy atom. The van der Waals surface area contributed by atoms with Crippen molar-refractivity contribution >= 4 is 11.9 Å². The molecule has 4 atom stereocenters. The zero-order valence-corrected chi connectivity index (χ0v) is 19.3. The van der Waals surface area contributed by atoms with Gasteiger partial charge in [0.2, 0.25) is 0 Å². The number of ether oxygens (including phenoxy) is 2. The quantitative estimate of drug-likeness (QED) is 0.418. The van der Waals surface area contributed by atoms with Crippen LogP contribution in [0.15, 0.2) is 94.6 Å². The van der Waals surface area contributed by atoms with Crippen LogP contribution < -0.4 is 0 Å². The Bertz CT molecular complexity index is 1140. The molecule has 0 spiro atoms. The summed E-state index contributed by atoms with van der Waals surface area (Å²) in [4.78, 5) is 26.1. The lowest BCUT2D eigenvalue weighted by molar-refractivity contribution is -0.0624. The molecule has 0 fully saturated rings. The van der Waals surface area contributed by atoms with Crippen LogP contribution in [0, 0.1) is 12.8 Å². The summed E-state index contributed by atoms with van der Waals surface area (Å²) in [6, 6.07) is 11.1. The molecule has 0 radical (unpaired) electrons. The number of allylic oxidation sites excluding steroid dienone is 4. The molecule has 1 aliphatic rings. The normalized spacial score (nSPS) is 24.6. The van der Waals surface area contributed by atoms with Crippen molar-refractivity contribution in [2.45, 2.75) is 44.8 Å². The van der Waals surface area contributed by atoms with Gasteiger partial charge < -0.3 is 18.3 Å². The molecule has 1 aromatic carbocycles. The van der Waals surface area contributed by atoms with Crippen molar-refractivity contribution in [1.29, 1.82) is 0 Å². The second-order valence-corrected chi connectivity index (χ2v) is 8.53. The molecule has 2 heterocycles. The van der Waals surface area contributed by atoms with Crippen molar-refractivity contribution in [3.63, 3.8) is 0 Å². The van der Waals surface area contributed by atoms with Gasteiger partial charge in [0.05, 0.1) is 23.7 Å². The summed E-state index contributed by atoms with van der Waals surface area (Å²) in [5.41, 5.74) is 2.74. The number of rotatable bonds is 5. The lowest BCUT2D eigenvalue weighted by atomic mass is 9.80. The van der Waals surface area contributed by atoms with Crippen molar-refractivity contribution in [1.82, 2.24) is 0 Å². The standard InChI is InChI=1S/C28H28O6/c1-19-9-7-8-11-23(19)24-12-6-4-3-5-10-20(2)25(33-27(29)21-13-15-31-17-21)26(24)34-28(30)22-14-16-32-18-22/h3-9,11,13-18,20,24-26H,10,12H2,1-2H3/b5-3-,6-4-/t20-,24?,25?,26?/m0/s1. The molecule has 0 bridgehead atoms. The predicted molar refractivity (Wildman–Crippen MR) is 126 cm³/mol. The van der Waals surface area contributed by atoms with Gasteiger partial charge in [-0.15, -0.1) is 0 Å². The van der Waals surface area contributed by atoms with E-state index in [0.29, 0.717) is 24.0 Å². The van der Waals surface area contributed by atoms with Crippen LogP contribution in [0.4, 0.5) is 0 Å². The van der Waals surface area contributed by atoms with Crippen molar-refractivity contribution in [2.75, 3.05) is 0 Å². The van der Waals surface area contributed by atoms with Gasteiger partial charge in [-0.2, -0.15) is 0 Å².